The molecule has 0 atom stereocenters. The number of nitrogens with zero attached hydrogens (tertiary/aromatic N) is 5. The Kier molecular flexibility index (Phi) is 9.57. The third-order valence-corrected chi connectivity index (χ3v) is 6.14. The SMILES string of the molecule is CN=C(NCCc1nnc2n1CCCCC2)NCc1ccc(CN2CCCC2)cc1.I. The highest BCUT2D eigenvalue weighted by atomic mass is 127. The summed E-state index contributed by atoms with van der Waals surface area (Å²) in [4.78, 5) is 6.89. The number of rotatable bonds is 7. The number of halogens is 1. The van der Waals surface area contributed by atoms with Crippen LogP contribution in [0.25, 0.3) is 0 Å². The zero-order valence-electron chi connectivity index (χ0n) is 18.6. The molecular formula is C23H36IN7. The molecule has 0 unspecified atom stereocenters. The van der Waals surface area contributed by atoms with Crippen LogP contribution >= 0.6 is 24.0 Å². The molecule has 1 saturated heterocycles. The average molecular weight is 537 g/mol. The summed E-state index contributed by atoms with van der Waals surface area (Å²) in [6.07, 6.45) is 8.34. The van der Waals surface area contributed by atoms with Gasteiger partial charge in [0, 0.05) is 46.1 Å². The minimum atomic E-state index is 0. The lowest BCUT2D eigenvalue weighted by Gasteiger charge is -2.15. The molecule has 0 aliphatic carbocycles. The minimum Gasteiger partial charge on any atom is -0.356 e. The van der Waals surface area contributed by atoms with Crippen LogP contribution in [0.15, 0.2) is 29.3 Å². The Balaban J connectivity index is 0.00000272. The van der Waals surface area contributed by atoms with E-state index in [1.54, 1.807) is 0 Å². The van der Waals surface area contributed by atoms with Crippen LogP contribution in [-0.4, -0.2) is 52.3 Å². The Morgan fingerprint density at radius 3 is 2.45 bits per heavy atom. The molecule has 0 radical (unpaired) electrons. The normalized spacial score (nSPS) is 17.0. The summed E-state index contributed by atoms with van der Waals surface area (Å²) in [7, 11) is 1.82. The lowest BCUT2D eigenvalue weighted by Crippen LogP contribution is -2.38. The maximum absolute atomic E-state index is 4.41. The molecule has 1 aromatic carbocycles. The number of aromatic nitrogens is 3. The fraction of sp³-hybridized carbons (Fsp3) is 0.609. The lowest BCUT2D eigenvalue weighted by molar-refractivity contribution is 0.331. The Morgan fingerprint density at radius 2 is 1.68 bits per heavy atom. The first-order chi connectivity index (χ1) is 14.8. The standard InChI is InChI=1S/C23H35N7.HI/c1-24-23(25-13-12-22-28-27-21-7-3-2-4-16-30(21)22)26-17-19-8-10-20(11-9-19)18-29-14-5-6-15-29;/h8-11H,2-7,12-18H2,1H3,(H2,24,25,26);1H. The molecule has 2 N–H and O–H groups in total. The number of likely N-dealkylation sites (tertiary alicyclic amines) is 1. The van der Waals surface area contributed by atoms with Gasteiger partial charge in [-0.1, -0.05) is 30.7 Å². The first-order valence-electron chi connectivity index (χ1n) is 11.5. The van der Waals surface area contributed by atoms with E-state index in [0.717, 1.165) is 56.6 Å². The third-order valence-electron chi connectivity index (χ3n) is 6.14. The van der Waals surface area contributed by atoms with Crippen molar-refractivity contribution in [3.05, 3.63) is 47.0 Å². The molecule has 31 heavy (non-hydrogen) atoms. The van der Waals surface area contributed by atoms with Crippen molar-refractivity contribution in [2.45, 2.75) is 64.6 Å². The smallest absolute Gasteiger partial charge is 0.191 e. The first-order valence-corrected chi connectivity index (χ1v) is 11.5. The molecule has 4 rings (SSSR count). The number of aryl methyl sites for hydroxylation is 1. The molecule has 0 saturated carbocycles. The van der Waals surface area contributed by atoms with Gasteiger partial charge in [0.05, 0.1) is 0 Å². The zero-order chi connectivity index (χ0) is 20.6. The Morgan fingerprint density at radius 1 is 0.935 bits per heavy atom. The summed E-state index contributed by atoms with van der Waals surface area (Å²) in [6, 6.07) is 8.94. The van der Waals surface area contributed by atoms with Crippen molar-refractivity contribution in [2.75, 3.05) is 26.7 Å². The van der Waals surface area contributed by atoms with Gasteiger partial charge in [-0.15, -0.1) is 34.2 Å². The molecule has 0 bridgehead atoms. The van der Waals surface area contributed by atoms with E-state index in [2.05, 4.69) is 59.6 Å². The second-order valence-corrected chi connectivity index (χ2v) is 8.40. The summed E-state index contributed by atoms with van der Waals surface area (Å²) in [5, 5.41) is 15.6. The molecule has 170 valence electrons. The van der Waals surface area contributed by atoms with Crippen LogP contribution in [0.2, 0.25) is 0 Å². The number of guanidine groups is 1. The molecule has 2 aliphatic rings. The molecule has 7 nitrogen and oxygen atoms in total. The Labute approximate surface area is 203 Å². The molecule has 2 aliphatic heterocycles. The summed E-state index contributed by atoms with van der Waals surface area (Å²) in [5.41, 5.74) is 2.67. The van der Waals surface area contributed by atoms with Gasteiger partial charge in [-0.25, -0.2) is 0 Å². The van der Waals surface area contributed by atoms with Gasteiger partial charge in [0.2, 0.25) is 0 Å². The van der Waals surface area contributed by atoms with Gasteiger partial charge in [0.25, 0.3) is 0 Å². The fourth-order valence-corrected chi connectivity index (χ4v) is 4.39. The van der Waals surface area contributed by atoms with E-state index in [1.807, 2.05) is 7.05 Å². The quantitative estimate of drug-likeness (QED) is 0.323. The lowest BCUT2D eigenvalue weighted by atomic mass is 10.1. The van der Waals surface area contributed by atoms with Gasteiger partial charge in [-0.2, -0.15) is 0 Å². The van der Waals surface area contributed by atoms with Gasteiger partial charge < -0.3 is 15.2 Å². The average Bonchev–Trinajstić information content (AvgIpc) is 3.35. The molecule has 8 heteroatoms. The predicted octanol–water partition coefficient (Wildman–Crippen LogP) is 3.13. The number of fused-ring (bicyclic) bond motifs is 1. The Bertz CT molecular complexity index is 825. The van der Waals surface area contributed by atoms with Crippen molar-refractivity contribution in [1.82, 2.24) is 30.3 Å². The van der Waals surface area contributed by atoms with Gasteiger partial charge in [-0.05, 0) is 49.9 Å². The second kappa shape index (κ2) is 12.4. The van der Waals surface area contributed by atoms with E-state index in [1.165, 1.54) is 56.3 Å². The van der Waals surface area contributed by atoms with Gasteiger partial charge in [0.15, 0.2) is 5.96 Å². The van der Waals surface area contributed by atoms with Crippen LogP contribution in [-0.2, 0) is 32.5 Å². The third kappa shape index (κ3) is 6.90. The topological polar surface area (TPSA) is 70.4 Å². The van der Waals surface area contributed by atoms with Crippen molar-refractivity contribution < 1.29 is 0 Å². The fourth-order valence-electron chi connectivity index (χ4n) is 4.39. The van der Waals surface area contributed by atoms with Gasteiger partial charge in [0.1, 0.15) is 11.6 Å². The predicted molar refractivity (Wildman–Crippen MR) is 136 cm³/mol. The highest BCUT2D eigenvalue weighted by Crippen LogP contribution is 2.15. The maximum atomic E-state index is 4.41. The van der Waals surface area contributed by atoms with Crippen LogP contribution in [0.1, 0.15) is 54.9 Å². The largest absolute Gasteiger partial charge is 0.356 e. The molecule has 3 heterocycles. The van der Waals surface area contributed by atoms with Crippen LogP contribution in [0.3, 0.4) is 0 Å². The maximum Gasteiger partial charge on any atom is 0.191 e. The van der Waals surface area contributed by atoms with E-state index >= 15 is 0 Å². The van der Waals surface area contributed by atoms with Crippen molar-refractivity contribution in [1.29, 1.82) is 0 Å². The number of aliphatic imine (C=N–C) groups is 1. The van der Waals surface area contributed by atoms with Crippen LogP contribution < -0.4 is 10.6 Å². The van der Waals surface area contributed by atoms with E-state index in [4.69, 9.17) is 0 Å². The highest BCUT2D eigenvalue weighted by molar-refractivity contribution is 14.0. The molecular weight excluding hydrogens is 501 g/mol. The van der Waals surface area contributed by atoms with Crippen LogP contribution in [0.4, 0.5) is 0 Å². The number of hydrogen-bond acceptors (Lipinski definition) is 4. The highest BCUT2D eigenvalue weighted by Gasteiger charge is 2.14. The summed E-state index contributed by atoms with van der Waals surface area (Å²) in [5.74, 6) is 3.06. The van der Waals surface area contributed by atoms with Crippen molar-refractivity contribution >= 4 is 29.9 Å². The zero-order valence-corrected chi connectivity index (χ0v) is 21.0. The van der Waals surface area contributed by atoms with E-state index in [0.29, 0.717) is 0 Å². The number of benzene rings is 1. The van der Waals surface area contributed by atoms with Crippen molar-refractivity contribution in [2.24, 2.45) is 4.99 Å². The molecule has 1 fully saturated rings. The van der Waals surface area contributed by atoms with Crippen molar-refractivity contribution in [3.8, 4) is 0 Å². The first kappa shape index (κ1) is 24.0. The number of nitrogens with one attached hydrogen (secondary N) is 2. The van der Waals surface area contributed by atoms with Gasteiger partial charge in [-0.3, -0.25) is 9.89 Å². The second-order valence-electron chi connectivity index (χ2n) is 8.40. The van der Waals surface area contributed by atoms with Gasteiger partial charge >= 0.3 is 0 Å². The van der Waals surface area contributed by atoms with E-state index < -0.39 is 0 Å². The molecule has 2 aromatic rings. The summed E-state index contributed by atoms with van der Waals surface area (Å²) >= 11 is 0. The molecule has 0 spiro atoms. The van der Waals surface area contributed by atoms with E-state index in [9.17, 15) is 0 Å². The minimum absolute atomic E-state index is 0. The number of hydrogen-bond donors (Lipinski definition) is 2. The van der Waals surface area contributed by atoms with Crippen LogP contribution in [0, 0.1) is 0 Å². The Hall–Kier alpha value is -1.68. The summed E-state index contributed by atoms with van der Waals surface area (Å²) < 4.78 is 2.31. The molecule has 1 aromatic heterocycles. The van der Waals surface area contributed by atoms with Crippen LogP contribution in [0.5, 0.6) is 0 Å². The van der Waals surface area contributed by atoms with Crippen molar-refractivity contribution in [3.63, 3.8) is 0 Å². The van der Waals surface area contributed by atoms with E-state index in [-0.39, 0.29) is 24.0 Å². The monoisotopic (exact) mass is 537 g/mol. The summed E-state index contributed by atoms with van der Waals surface area (Å²) in [6.45, 7) is 6.17. The molecule has 0 amide bonds.